The first-order valence-corrected chi connectivity index (χ1v) is 9.97. The van der Waals surface area contributed by atoms with Crippen molar-refractivity contribution >= 4 is 21.6 Å². The molecule has 4 aliphatic heterocycles. The summed E-state index contributed by atoms with van der Waals surface area (Å²) in [6.07, 6.45) is 2.29. The molecule has 4 saturated heterocycles. The van der Waals surface area contributed by atoms with Gasteiger partial charge in [0.05, 0.1) is 36.6 Å². The molecule has 5 nitrogen and oxygen atoms in total. The molecule has 0 spiro atoms. The zero-order valence-corrected chi connectivity index (χ0v) is 17.3. The third kappa shape index (κ3) is 4.15. The first kappa shape index (κ1) is 25.5. The second-order valence-electron chi connectivity index (χ2n) is 8.04. The molecule has 0 amide bonds. The molecule has 2 unspecified atom stereocenters. The Kier molecular flexibility index (Phi) is 9.05. The fraction of sp³-hybridized carbons (Fsp3) is 0.905. The van der Waals surface area contributed by atoms with Gasteiger partial charge in [0.1, 0.15) is 21.6 Å². The largest absolute Gasteiger partial charge is 0.378 e. The average molecular weight is 390 g/mol. The lowest BCUT2D eigenvalue weighted by atomic mass is 9.74. The van der Waals surface area contributed by atoms with Crippen molar-refractivity contribution in [1.82, 2.24) is 0 Å². The molecule has 4 radical (unpaired) electrons. The topological polar surface area (TPSA) is 54.0 Å². The van der Waals surface area contributed by atoms with Crippen molar-refractivity contribution < 1.29 is 23.7 Å². The molecule has 0 aromatic heterocycles. The summed E-state index contributed by atoms with van der Waals surface area (Å²) in [5, 5.41) is 0. The highest BCUT2D eigenvalue weighted by molar-refractivity contribution is 6.12. The summed E-state index contributed by atoms with van der Waals surface area (Å²) >= 11 is 0. The number of rotatable bonds is 2. The van der Waals surface area contributed by atoms with E-state index in [0.29, 0.717) is 17.8 Å². The number of ether oxygens (including phenoxy) is 4. The van der Waals surface area contributed by atoms with Gasteiger partial charge in [-0.25, -0.2) is 4.79 Å². The van der Waals surface area contributed by atoms with Crippen LogP contribution in [0.2, 0.25) is 0 Å². The predicted molar refractivity (Wildman–Crippen MR) is 112 cm³/mol. The van der Waals surface area contributed by atoms with Crippen molar-refractivity contribution in [2.75, 3.05) is 13.2 Å². The first-order chi connectivity index (χ1) is 12.7. The second kappa shape index (κ2) is 9.95. The lowest BCUT2D eigenvalue weighted by molar-refractivity contribution is -0.156. The number of carbonyl (C=O) groups excluding carboxylic acids is 1. The van der Waals surface area contributed by atoms with E-state index >= 15 is 0 Å². The fourth-order valence-electron chi connectivity index (χ4n) is 5.12. The summed E-state index contributed by atoms with van der Waals surface area (Å²) in [6, 6.07) is -0.321. The molecular weight excluding hydrogens is 354 g/mol. The average Bonchev–Trinajstić information content (AvgIpc) is 3.06. The van der Waals surface area contributed by atoms with Gasteiger partial charge in [0.25, 0.3) is 0 Å². The first-order valence-electron chi connectivity index (χ1n) is 9.97. The normalized spacial score (nSPS) is 47.7. The maximum Gasteiger partial charge on any atom is 0.116 e. The number of fused-ring (bicyclic) bond motifs is 4. The summed E-state index contributed by atoms with van der Waals surface area (Å²) in [5.74, 6) is 2.64. The van der Waals surface area contributed by atoms with Gasteiger partial charge in [-0.1, -0.05) is 35.1 Å². The van der Waals surface area contributed by atoms with Crippen LogP contribution in [0.5, 0.6) is 0 Å². The van der Waals surface area contributed by atoms with E-state index in [9.17, 15) is 0 Å². The molecule has 4 fully saturated rings. The summed E-state index contributed by atoms with van der Waals surface area (Å²) in [6.45, 7) is 14.9. The van der Waals surface area contributed by atoms with Crippen LogP contribution in [0, 0.1) is 17.8 Å². The molecule has 28 heavy (non-hydrogen) atoms. The van der Waals surface area contributed by atoms with E-state index in [1.165, 1.54) is 5.94 Å². The van der Waals surface area contributed by atoms with E-state index in [-0.39, 0.29) is 42.8 Å². The number of hydrogen-bond acceptors (Lipinski definition) is 5. The second-order valence-corrected chi connectivity index (χ2v) is 8.04. The standard InChI is InChI=1S/2C9H15BO2.C2H2O.CH4/c1-4-9-5(2)7(8(10)12-9)11-6(9)3;1-3-9-5-11-4-7(6(9)2)8(10)12-9;1-2-3;/h5-8H,4H2,1-3H3;6-8H,3-5H2,1-2H3;1H2;1H4/t5-,6+,7?,8-,9-;6-,7?,8-,9+;;/m11../s1. The number of hydrogen-bond donors (Lipinski definition) is 0. The molecule has 0 N–H and O–H groups in total. The van der Waals surface area contributed by atoms with Gasteiger partial charge < -0.3 is 18.9 Å². The van der Waals surface area contributed by atoms with Crippen LogP contribution >= 0.6 is 0 Å². The van der Waals surface area contributed by atoms with Crippen LogP contribution in [-0.4, -0.2) is 70.3 Å². The molecule has 0 aromatic carbocycles. The fourth-order valence-corrected chi connectivity index (χ4v) is 5.12. The SMILES string of the molecule is C.C=C=O.[B][C@@H]1O[C@@]2(CC)COCC1[C@H]2C.[B][C@@H]1O[C@@]2(CC)[C@H](C)OC1[C@H]2C. The monoisotopic (exact) mass is 390 g/mol. The van der Waals surface area contributed by atoms with Gasteiger partial charge in [-0.15, -0.1) is 0 Å². The zero-order chi connectivity index (χ0) is 20.4. The predicted octanol–water partition coefficient (Wildman–Crippen LogP) is 2.67. The molecule has 4 aliphatic rings. The minimum absolute atomic E-state index is 0. The van der Waals surface area contributed by atoms with Gasteiger partial charge in [0.15, 0.2) is 0 Å². The molecule has 4 heterocycles. The lowest BCUT2D eigenvalue weighted by Crippen LogP contribution is -2.44. The molecule has 0 aliphatic carbocycles. The van der Waals surface area contributed by atoms with Crippen molar-refractivity contribution in [2.45, 2.75) is 90.3 Å². The van der Waals surface area contributed by atoms with Gasteiger partial charge in [-0.3, -0.25) is 0 Å². The highest BCUT2D eigenvalue weighted by atomic mass is 16.6. The summed E-state index contributed by atoms with van der Waals surface area (Å²) in [4.78, 5) is 8.57. The van der Waals surface area contributed by atoms with Crippen LogP contribution in [0.3, 0.4) is 0 Å². The van der Waals surface area contributed by atoms with Gasteiger partial charge in [0.2, 0.25) is 0 Å². The summed E-state index contributed by atoms with van der Waals surface area (Å²) in [7, 11) is 11.7. The van der Waals surface area contributed by atoms with Gasteiger partial charge in [-0.05, 0) is 32.3 Å². The van der Waals surface area contributed by atoms with Gasteiger partial charge >= 0.3 is 0 Å². The molecule has 4 rings (SSSR count). The third-order valence-electron chi connectivity index (χ3n) is 7.06. The van der Waals surface area contributed by atoms with Crippen molar-refractivity contribution in [2.24, 2.45) is 17.8 Å². The molecular formula is C21H36B2O5. The van der Waals surface area contributed by atoms with Gasteiger partial charge in [0, 0.05) is 23.8 Å². The highest BCUT2D eigenvalue weighted by Crippen LogP contribution is 2.49. The molecule has 9 atom stereocenters. The minimum Gasteiger partial charge on any atom is -0.378 e. The van der Waals surface area contributed by atoms with Crippen molar-refractivity contribution in [3.63, 3.8) is 0 Å². The van der Waals surface area contributed by atoms with Crippen LogP contribution in [0.4, 0.5) is 0 Å². The van der Waals surface area contributed by atoms with E-state index in [4.69, 9.17) is 39.4 Å². The van der Waals surface area contributed by atoms with Crippen molar-refractivity contribution in [3.05, 3.63) is 6.58 Å². The molecule has 0 aromatic rings. The quantitative estimate of drug-likeness (QED) is 0.536. The summed E-state index contributed by atoms with van der Waals surface area (Å²) < 4.78 is 22.8. The Morgan fingerprint density at radius 1 is 1.07 bits per heavy atom. The van der Waals surface area contributed by atoms with E-state index in [2.05, 4.69) is 41.2 Å². The Balaban J connectivity index is 0.000000239. The van der Waals surface area contributed by atoms with Crippen molar-refractivity contribution in [1.29, 1.82) is 0 Å². The van der Waals surface area contributed by atoms with E-state index in [0.717, 1.165) is 26.1 Å². The summed E-state index contributed by atoms with van der Waals surface area (Å²) in [5.41, 5.74) is -0.188. The zero-order valence-electron chi connectivity index (χ0n) is 17.3. The minimum atomic E-state index is -0.212. The lowest BCUT2D eigenvalue weighted by Gasteiger charge is -2.36. The Morgan fingerprint density at radius 3 is 2.07 bits per heavy atom. The van der Waals surface area contributed by atoms with Crippen LogP contribution in [0.15, 0.2) is 6.58 Å². The van der Waals surface area contributed by atoms with E-state index in [1.807, 2.05) is 0 Å². The Bertz CT molecular complexity index is 539. The van der Waals surface area contributed by atoms with Crippen LogP contribution in [0.25, 0.3) is 0 Å². The molecule has 156 valence electrons. The van der Waals surface area contributed by atoms with E-state index < -0.39 is 0 Å². The third-order valence-corrected chi connectivity index (χ3v) is 7.06. The van der Waals surface area contributed by atoms with Crippen molar-refractivity contribution in [3.8, 4) is 0 Å². The Morgan fingerprint density at radius 2 is 1.68 bits per heavy atom. The van der Waals surface area contributed by atoms with Crippen LogP contribution < -0.4 is 0 Å². The highest BCUT2D eigenvalue weighted by Gasteiger charge is 2.60. The van der Waals surface area contributed by atoms with E-state index in [1.54, 1.807) is 0 Å². The maximum atomic E-state index is 8.57. The molecule has 7 heteroatoms. The Labute approximate surface area is 173 Å². The molecule has 0 saturated carbocycles. The Hall–Kier alpha value is -0.580. The maximum absolute atomic E-state index is 8.57. The molecule has 4 bridgehead atoms. The smallest absolute Gasteiger partial charge is 0.116 e. The van der Waals surface area contributed by atoms with Crippen LogP contribution in [-0.2, 0) is 23.7 Å². The van der Waals surface area contributed by atoms with Gasteiger partial charge in [-0.2, -0.15) is 0 Å². The van der Waals surface area contributed by atoms with Crippen LogP contribution in [0.1, 0.15) is 54.9 Å².